The monoisotopic (exact) mass is 355 g/mol. The molecule has 0 unspecified atom stereocenters. The molecule has 3 amide bonds. The van der Waals surface area contributed by atoms with Crippen molar-refractivity contribution >= 4 is 17.7 Å². The zero-order valence-electron chi connectivity index (χ0n) is 14.3. The predicted octanol–water partition coefficient (Wildman–Crippen LogP) is 1.10. The van der Waals surface area contributed by atoms with E-state index in [1.165, 1.54) is 5.48 Å². The molecule has 0 saturated carbocycles. The van der Waals surface area contributed by atoms with Crippen LogP contribution in [0.1, 0.15) is 24.1 Å². The molecule has 0 aliphatic carbocycles. The third-order valence-corrected chi connectivity index (χ3v) is 3.87. The second-order valence-corrected chi connectivity index (χ2v) is 5.80. The number of amides is 3. The zero-order valence-corrected chi connectivity index (χ0v) is 14.3. The molecule has 0 aliphatic rings. The summed E-state index contributed by atoms with van der Waals surface area (Å²) in [6.45, 7) is 1.83. The van der Waals surface area contributed by atoms with Gasteiger partial charge in [0.25, 0.3) is 0 Å². The van der Waals surface area contributed by atoms with Gasteiger partial charge < -0.3 is 10.6 Å². The van der Waals surface area contributed by atoms with Crippen molar-refractivity contribution in [1.29, 1.82) is 0 Å². The Kier molecular flexibility index (Phi) is 6.87. The van der Waals surface area contributed by atoms with Crippen LogP contribution in [0.5, 0.6) is 0 Å². The summed E-state index contributed by atoms with van der Waals surface area (Å²) in [5.41, 5.74) is 3.00. The third kappa shape index (κ3) is 5.42. The van der Waals surface area contributed by atoms with Crippen molar-refractivity contribution in [3.63, 3.8) is 0 Å². The van der Waals surface area contributed by atoms with Crippen molar-refractivity contribution in [2.45, 2.75) is 25.4 Å². The van der Waals surface area contributed by atoms with Crippen LogP contribution in [0.25, 0.3) is 0 Å². The summed E-state index contributed by atoms with van der Waals surface area (Å²) < 4.78 is 0. The summed E-state index contributed by atoms with van der Waals surface area (Å²) >= 11 is 0. The van der Waals surface area contributed by atoms with E-state index >= 15 is 0 Å². The van der Waals surface area contributed by atoms with Crippen molar-refractivity contribution in [3.8, 4) is 0 Å². The minimum Gasteiger partial charge on any atom is -0.348 e. The lowest BCUT2D eigenvalue weighted by atomic mass is 10.0. The molecule has 7 nitrogen and oxygen atoms in total. The van der Waals surface area contributed by atoms with Gasteiger partial charge in [0.1, 0.15) is 6.04 Å². The molecule has 0 spiro atoms. The molecular formula is C19H21N3O4. The first-order valence-corrected chi connectivity index (χ1v) is 8.15. The molecule has 2 rings (SSSR count). The fraction of sp³-hybridized carbons (Fsp3) is 0.211. The molecule has 26 heavy (non-hydrogen) atoms. The number of hydroxylamine groups is 1. The van der Waals surface area contributed by atoms with E-state index in [9.17, 15) is 14.4 Å². The molecule has 2 aromatic rings. The molecule has 7 heteroatoms. The van der Waals surface area contributed by atoms with E-state index in [2.05, 4.69) is 10.6 Å². The molecule has 0 aromatic heterocycles. The molecule has 0 heterocycles. The summed E-state index contributed by atoms with van der Waals surface area (Å²) in [7, 11) is 0. The molecule has 0 aliphatic heterocycles. The largest absolute Gasteiger partial charge is 0.348 e. The van der Waals surface area contributed by atoms with E-state index < -0.39 is 23.8 Å². The fourth-order valence-electron chi connectivity index (χ4n) is 2.47. The van der Waals surface area contributed by atoms with E-state index in [0.29, 0.717) is 0 Å². The van der Waals surface area contributed by atoms with Crippen LogP contribution in [-0.4, -0.2) is 29.0 Å². The van der Waals surface area contributed by atoms with Gasteiger partial charge in [-0.2, -0.15) is 0 Å². The summed E-state index contributed by atoms with van der Waals surface area (Å²) in [6.07, 6.45) is 0.207. The quantitative estimate of drug-likeness (QED) is 0.353. The van der Waals surface area contributed by atoms with E-state index in [1.54, 1.807) is 0 Å². The first-order chi connectivity index (χ1) is 12.5. The number of rotatable bonds is 6. The van der Waals surface area contributed by atoms with Crippen molar-refractivity contribution in [2.75, 3.05) is 0 Å². The Labute approximate surface area is 151 Å². The maximum absolute atomic E-state index is 12.7. The van der Waals surface area contributed by atoms with Crippen LogP contribution < -0.4 is 16.1 Å². The molecule has 0 radical (unpaired) electrons. The number of carbonyl (C=O) groups excluding carboxylic acids is 3. The molecule has 2 atom stereocenters. The predicted molar refractivity (Wildman–Crippen MR) is 95.0 cm³/mol. The van der Waals surface area contributed by atoms with Gasteiger partial charge in [-0.15, -0.1) is 0 Å². The van der Waals surface area contributed by atoms with Crippen LogP contribution in [-0.2, 0) is 20.8 Å². The topological polar surface area (TPSA) is 108 Å². The Balaban J connectivity index is 2.12. The van der Waals surface area contributed by atoms with Crippen LogP contribution in [0.4, 0.5) is 0 Å². The number of benzene rings is 2. The second kappa shape index (κ2) is 9.33. The summed E-state index contributed by atoms with van der Waals surface area (Å²) in [6, 6.07) is 17.3. The van der Waals surface area contributed by atoms with Gasteiger partial charge in [-0.05, 0) is 18.1 Å². The fourth-order valence-corrected chi connectivity index (χ4v) is 2.47. The highest BCUT2D eigenvalue weighted by molar-refractivity contribution is 6.35. The van der Waals surface area contributed by atoms with E-state index in [-0.39, 0.29) is 12.5 Å². The number of hydrogen-bond acceptors (Lipinski definition) is 4. The van der Waals surface area contributed by atoms with Crippen LogP contribution in [0.3, 0.4) is 0 Å². The maximum Gasteiger partial charge on any atom is 0.332 e. The standard InChI is InChI=1S/C19H21N3O4/c1-13(15-10-6-3-7-11-15)20-17(23)16(21-18(24)19(25)22-26)12-14-8-4-2-5-9-14/h2-11,13,16,26H,12H2,1H3,(H,20,23)(H,21,24)(H,22,25)/t13-,16-/m0/s1. The Bertz CT molecular complexity index is 750. The first kappa shape index (κ1) is 19.1. The van der Waals surface area contributed by atoms with Gasteiger partial charge in [0.15, 0.2) is 0 Å². The lowest BCUT2D eigenvalue weighted by Crippen LogP contribution is -2.52. The van der Waals surface area contributed by atoms with E-state index in [0.717, 1.165) is 11.1 Å². The van der Waals surface area contributed by atoms with Gasteiger partial charge in [0.2, 0.25) is 5.91 Å². The number of nitrogens with one attached hydrogen (secondary N) is 3. The smallest absolute Gasteiger partial charge is 0.332 e. The summed E-state index contributed by atoms with van der Waals surface area (Å²) in [4.78, 5) is 35.7. The minimum absolute atomic E-state index is 0.207. The van der Waals surface area contributed by atoms with Crippen molar-refractivity contribution in [1.82, 2.24) is 16.1 Å². The Morgan fingerprint density at radius 3 is 2.04 bits per heavy atom. The lowest BCUT2D eigenvalue weighted by molar-refractivity contribution is -0.145. The van der Waals surface area contributed by atoms with Gasteiger partial charge in [0, 0.05) is 6.42 Å². The van der Waals surface area contributed by atoms with Gasteiger partial charge >= 0.3 is 11.8 Å². The molecule has 0 saturated heterocycles. The van der Waals surface area contributed by atoms with E-state index in [4.69, 9.17) is 5.21 Å². The van der Waals surface area contributed by atoms with Crippen LogP contribution in [0.15, 0.2) is 60.7 Å². The average Bonchev–Trinajstić information content (AvgIpc) is 2.68. The minimum atomic E-state index is -1.23. The molecular weight excluding hydrogens is 334 g/mol. The Hall–Kier alpha value is -3.19. The Morgan fingerprint density at radius 2 is 1.46 bits per heavy atom. The average molecular weight is 355 g/mol. The van der Waals surface area contributed by atoms with Crippen LogP contribution in [0.2, 0.25) is 0 Å². The summed E-state index contributed by atoms with van der Waals surface area (Å²) in [5.74, 6) is -2.74. The normalized spacial score (nSPS) is 12.5. The maximum atomic E-state index is 12.7. The van der Waals surface area contributed by atoms with Crippen molar-refractivity contribution in [2.24, 2.45) is 0 Å². The van der Waals surface area contributed by atoms with Crippen LogP contribution >= 0.6 is 0 Å². The number of carbonyl (C=O) groups is 3. The molecule has 136 valence electrons. The highest BCUT2D eigenvalue weighted by Gasteiger charge is 2.25. The third-order valence-electron chi connectivity index (χ3n) is 3.87. The first-order valence-electron chi connectivity index (χ1n) is 8.15. The number of hydrogen-bond donors (Lipinski definition) is 4. The molecule has 4 N–H and O–H groups in total. The Morgan fingerprint density at radius 1 is 0.885 bits per heavy atom. The van der Waals surface area contributed by atoms with E-state index in [1.807, 2.05) is 67.6 Å². The van der Waals surface area contributed by atoms with Crippen molar-refractivity contribution in [3.05, 3.63) is 71.8 Å². The highest BCUT2D eigenvalue weighted by atomic mass is 16.5. The zero-order chi connectivity index (χ0) is 18.9. The SMILES string of the molecule is C[C@H](NC(=O)[C@H](Cc1ccccc1)NC(=O)C(=O)NO)c1ccccc1. The van der Waals surface area contributed by atoms with Crippen LogP contribution in [0, 0.1) is 0 Å². The van der Waals surface area contributed by atoms with Gasteiger partial charge in [-0.1, -0.05) is 60.7 Å². The second-order valence-electron chi connectivity index (χ2n) is 5.80. The van der Waals surface area contributed by atoms with Gasteiger partial charge in [-0.25, -0.2) is 5.48 Å². The highest BCUT2D eigenvalue weighted by Crippen LogP contribution is 2.12. The van der Waals surface area contributed by atoms with Gasteiger partial charge in [-0.3, -0.25) is 19.6 Å². The summed E-state index contributed by atoms with van der Waals surface area (Å²) in [5, 5.41) is 13.8. The molecule has 0 fully saturated rings. The lowest BCUT2D eigenvalue weighted by Gasteiger charge is -2.21. The molecule has 0 bridgehead atoms. The van der Waals surface area contributed by atoms with Gasteiger partial charge in [0.05, 0.1) is 6.04 Å². The van der Waals surface area contributed by atoms with Crippen molar-refractivity contribution < 1.29 is 19.6 Å². The molecule has 2 aromatic carbocycles.